The number of hydrogen-bond acceptors (Lipinski definition) is 8. The van der Waals surface area contributed by atoms with Crippen molar-refractivity contribution < 1.29 is 8.68 Å². The lowest BCUT2D eigenvalue weighted by Gasteiger charge is -2.18. The molecule has 1 aromatic carbocycles. The lowest BCUT2D eigenvalue weighted by molar-refractivity contribution is 0.508. The van der Waals surface area contributed by atoms with Gasteiger partial charge in [0, 0.05) is 22.8 Å². The highest BCUT2D eigenvalue weighted by molar-refractivity contribution is 7.15. The zero-order valence-corrected chi connectivity index (χ0v) is 21.7. The van der Waals surface area contributed by atoms with Crippen molar-refractivity contribution in [1.82, 2.24) is 29.1 Å². The first kappa shape index (κ1) is 24.0. The van der Waals surface area contributed by atoms with Gasteiger partial charge in [-0.25, -0.2) is 24.0 Å². The quantitative estimate of drug-likeness (QED) is 0.307. The van der Waals surface area contributed by atoms with Gasteiger partial charge < -0.3 is 10.0 Å². The number of thiazole rings is 1. The molecule has 12 heteroatoms. The number of nitrogens with zero attached hydrogens (tertiary/aromatic N) is 6. The highest BCUT2D eigenvalue weighted by atomic mass is 35.5. The number of nitrogen functional groups attached to an aromatic ring is 1. The molecular weight excluding hydrogens is 529 g/mol. The first-order valence-electron chi connectivity index (χ1n) is 11.5. The fraction of sp³-hybridized carbons (Fsp3) is 0.115. The van der Waals surface area contributed by atoms with E-state index in [1.807, 2.05) is 55.6 Å². The van der Waals surface area contributed by atoms with Crippen LogP contribution in [-0.4, -0.2) is 29.1 Å². The molecule has 9 nitrogen and oxygen atoms in total. The maximum absolute atomic E-state index is 14.5. The largest absolute Gasteiger partial charge is 0.383 e. The van der Waals surface area contributed by atoms with Crippen molar-refractivity contribution in [3.8, 4) is 28.3 Å². The molecular formula is C26H19ClFN7O2S. The van der Waals surface area contributed by atoms with Gasteiger partial charge in [-0.15, -0.1) is 11.3 Å². The summed E-state index contributed by atoms with van der Waals surface area (Å²) >= 11 is 6.78. The number of anilines is 1. The Hall–Kier alpha value is -4.35. The summed E-state index contributed by atoms with van der Waals surface area (Å²) in [4.78, 5) is 27.1. The number of nitrogens with two attached hydrogens (primary N) is 1. The fourth-order valence-corrected chi connectivity index (χ4v) is 5.70. The molecule has 0 amide bonds. The minimum atomic E-state index is -0.762. The van der Waals surface area contributed by atoms with Crippen molar-refractivity contribution >= 4 is 44.9 Å². The molecule has 6 rings (SSSR count). The Morgan fingerprint density at radius 2 is 1.92 bits per heavy atom. The zero-order valence-electron chi connectivity index (χ0n) is 20.1. The highest BCUT2D eigenvalue weighted by Crippen LogP contribution is 2.36. The molecule has 5 aromatic heterocycles. The highest BCUT2D eigenvalue weighted by Gasteiger charge is 2.26. The molecule has 0 aliphatic heterocycles. The fourth-order valence-electron chi connectivity index (χ4n) is 4.66. The van der Waals surface area contributed by atoms with Crippen molar-refractivity contribution in [2.75, 3.05) is 5.73 Å². The average molecular weight is 548 g/mol. The van der Waals surface area contributed by atoms with Crippen molar-refractivity contribution in [1.29, 1.82) is 0 Å². The predicted octanol–water partition coefficient (Wildman–Crippen LogP) is 5.40. The molecule has 0 saturated carbocycles. The van der Waals surface area contributed by atoms with Crippen LogP contribution in [0.25, 0.3) is 38.2 Å². The number of halogens is 2. The van der Waals surface area contributed by atoms with Crippen molar-refractivity contribution in [3.63, 3.8) is 0 Å². The standard InChI is InChI=1S/C26H19ClFN7O2S/c1-13-11-38-19-9-17(20(26(36)34(13)19)15-6-4-3-5-7-15)14(2)35-24-21(23(29)31-12-32-24)22(33-35)16-8-18(28)25(37-27)30-10-16/h3-12,14H,1-2H3,(H2,29,31,32)/t14-/m0/s1. The minimum absolute atomic E-state index is 0.122. The van der Waals surface area contributed by atoms with E-state index >= 15 is 0 Å². The molecule has 190 valence electrons. The Morgan fingerprint density at radius 3 is 2.66 bits per heavy atom. The zero-order chi connectivity index (χ0) is 26.6. The molecule has 2 N–H and O–H groups in total. The van der Waals surface area contributed by atoms with Crippen LogP contribution in [0.4, 0.5) is 10.2 Å². The smallest absolute Gasteiger partial charge is 0.272 e. The maximum Gasteiger partial charge on any atom is 0.272 e. The summed E-state index contributed by atoms with van der Waals surface area (Å²) in [5.41, 5.74) is 10.2. The number of aromatic nitrogens is 6. The van der Waals surface area contributed by atoms with E-state index in [0.717, 1.165) is 21.7 Å². The number of aryl methyl sites for hydroxylation is 1. The van der Waals surface area contributed by atoms with E-state index in [2.05, 4.69) is 19.2 Å². The van der Waals surface area contributed by atoms with Gasteiger partial charge in [-0.2, -0.15) is 5.10 Å². The molecule has 6 aromatic rings. The van der Waals surface area contributed by atoms with Crippen molar-refractivity contribution in [2.24, 2.45) is 0 Å². The van der Waals surface area contributed by atoms with Crippen LogP contribution < -0.4 is 15.6 Å². The number of hydrogen-bond donors (Lipinski definition) is 1. The number of rotatable bonds is 5. The average Bonchev–Trinajstić information content (AvgIpc) is 3.50. The lowest BCUT2D eigenvalue weighted by Crippen LogP contribution is -2.21. The van der Waals surface area contributed by atoms with Gasteiger partial charge in [-0.05, 0) is 37.1 Å². The van der Waals surface area contributed by atoms with Gasteiger partial charge in [0.15, 0.2) is 11.5 Å². The normalized spacial score (nSPS) is 12.3. The predicted molar refractivity (Wildman–Crippen MR) is 145 cm³/mol. The van der Waals surface area contributed by atoms with Gasteiger partial charge in [0.2, 0.25) is 0 Å². The van der Waals surface area contributed by atoms with Gasteiger partial charge in [0.25, 0.3) is 11.4 Å². The van der Waals surface area contributed by atoms with Gasteiger partial charge >= 0.3 is 0 Å². The van der Waals surface area contributed by atoms with Crippen LogP contribution >= 0.6 is 23.2 Å². The van der Waals surface area contributed by atoms with Crippen LogP contribution in [0.1, 0.15) is 24.2 Å². The first-order chi connectivity index (χ1) is 18.4. The molecule has 0 aliphatic carbocycles. The second-order valence-corrected chi connectivity index (χ2v) is 9.76. The van der Waals surface area contributed by atoms with E-state index in [1.165, 1.54) is 29.9 Å². The maximum atomic E-state index is 14.5. The van der Waals surface area contributed by atoms with Gasteiger partial charge in [0.1, 0.15) is 34.5 Å². The monoisotopic (exact) mass is 547 g/mol. The molecule has 0 unspecified atom stereocenters. The number of pyridine rings is 2. The lowest BCUT2D eigenvalue weighted by atomic mass is 9.97. The summed E-state index contributed by atoms with van der Waals surface area (Å²) in [6.07, 6.45) is 2.72. The van der Waals surface area contributed by atoms with Crippen LogP contribution in [0.5, 0.6) is 5.88 Å². The third kappa shape index (κ3) is 3.70. The van der Waals surface area contributed by atoms with Crippen LogP contribution in [-0.2, 0) is 0 Å². The minimum Gasteiger partial charge on any atom is -0.383 e. The van der Waals surface area contributed by atoms with E-state index in [4.69, 9.17) is 22.7 Å². The molecule has 38 heavy (non-hydrogen) atoms. The second-order valence-electron chi connectivity index (χ2n) is 8.71. The molecule has 0 spiro atoms. The molecule has 0 fully saturated rings. The summed E-state index contributed by atoms with van der Waals surface area (Å²) in [5, 5.41) is 7.18. The van der Waals surface area contributed by atoms with E-state index < -0.39 is 11.9 Å². The summed E-state index contributed by atoms with van der Waals surface area (Å²) in [5.74, 6) is -0.944. The first-order valence-corrected chi connectivity index (χ1v) is 12.7. The molecule has 1 atom stereocenters. The molecule has 5 heterocycles. The van der Waals surface area contributed by atoms with Crippen molar-refractivity contribution in [3.05, 3.63) is 87.8 Å². The van der Waals surface area contributed by atoms with Crippen LogP contribution in [0.3, 0.4) is 0 Å². The SMILES string of the molecule is Cc1csc2cc([C@H](C)n3nc(-c4cnc(OCl)c(F)c4)c4c(N)ncnc43)c(-c3ccccc3)c(=O)n12. The van der Waals surface area contributed by atoms with Crippen molar-refractivity contribution in [2.45, 2.75) is 19.9 Å². The number of benzene rings is 1. The second kappa shape index (κ2) is 9.19. The van der Waals surface area contributed by atoms with E-state index in [1.54, 1.807) is 9.08 Å². The number of fused-ring (bicyclic) bond motifs is 2. The van der Waals surface area contributed by atoms with E-state index in [0.29, 0.717) is 27.9 Å². The topological polar surface area (TPSA) is 113 Å². The third-order valence-electron chi connectivity index (χ3n) is 6.46. The van der Waals surface area contributed by atoms with Crippen LogP contribution in [0.15, 0.2) is 65.2 Å². The third-order valence-corrected chi connectivity index (χ3v) is 7.61. The van der Waals surface area contributed by atoms with Crippen LogP contribution in [0.2, 0.25) is 0 Å². The summed E-state index contributed by atoms with van der Waals surface area (Å²) in [6.45, 7) is 3.83. The summed E-state index contributed by atoms with van der Waals surface area (Å²) in [6, 6.07) is 12.2. The molecule has 0 bridgehead atoms. The van der Waals surface area contributed by atoms with Gasteiger partial charge in [0.05, 0.1) is 17.0 Å². The Kier molecular flexibility index (Phi) is 5.81. The molecule has 0 aliphatic rings. The molecule has 0 saturated heterocycles. The Morgan fingerprint density at radius 1 is 1.13 bits per heavy atom. The van der Waals surface area contributed by atoms with E-state index in [9.17, 15) is 9.18 Å². The summed E-state index contributed by atoms with van der Waals surface area (Å²) < 4.78 is 22.3. The Labute approximate surface area is 224 Å². The Balaban J connectivity index is 1.62. The van der Waals surface area contributed by atoms with E-state index in [-0.39, 0.29) is 17.3 Å². The van der Waals surface area contributed by atoms with Crippen LogP contribution in [0, 0.1) is 12.7 Å². The van der Waals surface area contributed by atoms with Gasteiger partial charge in [-0.3, -0.25) is 9.20 Å². The van der Waals surface area contributed by atoms with Gasteiger partial charge in [-0.1, -0.05) is 30.3 Å². The molecule has 0 radical (unpaired) electrons. The summed E-state index contributed by atoms with van der Waals surface area (Å²) in [7, 11) is 0. The Bertz CT molecular complexity index is 1900.